The van der Waals surface area contributed by atoms with Gasteiger partial charge in [-0.2, -0.15) is 0 Å². The van der Waals surface area contributed by atoms with Crippen LogP contribution in [0.4, 0.5) is 5.69 Å². The lowest BCUT2D eigenvalue weighted by Gasteiger charge is -2.21. The predicted octanol–water partition coefficient (Wildman–Crippen LogP) is 5.30. The van der Waals surface area contributed by atoms with E-state index in [9.17, 15) is 0 Å². The van der Waals surface area contributed by atoms with Gasteiger partial charge in [0, 0.05) is 17.1 Å². The lowest BCUT2D eigenvalue weighted by Crippen LogP contribution is -2.11. The molecule has 0 aliphatic rings. The van der Waals surface area contributed by atoms with Crippen LogP contribution in [0.2, 0.25) is 0 Å². The summed E-state index contributed by atoms with van der Waals surface area (Å²) < 4.78 is 0. The number of nitrogens with one attached hydrogen (secondary N) is 1. The molecule has 0 radical (unpaired) electrons. The van der Waals surface area contributed by atoms with E-state index >= 15 is 0 Å². The molecule has 0 amide bonds. The summed E-state index contributed by atoms with van der Waals surface area (Å²) in [6.07, 6.45) is 0. The molecule has 0 spiro atoms. The van der Waals surface area contributed by atoms with Crippen LogP contribution >= 0.6 is 0 Å². The number of hydrogen-bond acceptors (Lipinski definition) is 2. The maximum atomic E-state index is 4.60. The molecule has 1 atom stereocenters. The highest BCUT2D eigenvalue weighted by Gasteiger charge is 2.13. The van der Waals surface area contributed by atoms with Crippen LogP contribution in [-0.2, 0) is 0 Å². The largest absolute Gasteiger partial charge is 0.378 e. The van der Waals surface area contributed by atoms with Crippen molar-refractivity contribution in [3.63, 3.8) is 0 Å². The fraction of sp³-hybridized carbons (Fsp3) is 0.421. The Morgan fingerprint density at radius 3 is 2.33 bits per heavy atom. The van der Waals surface area contributed by atoms with Gasteiger partial charge in [0.2, 0.25) is 0 Å². The smallest absolute Gasteiger partial charge is 0.0506 e. The first-order valence-electron chi connectivity index (χ1n) is 7.69. The lowest BCUT2D eigenvalue weighted by molar-refractivity contribution is 0.837. The Balaban J connectivity index is 2.26. The highest BCUT2D eigenvalue weighted by molar-refractivity contribution is 5.49. The normalized spacial score (nSPS) is 12.5. The molecular formula is C19H26N2. The van der Waals surface area contributed by atoms with Crippen molar-refractivity contribution in [1.29, 1.82) is 0 Å². The second kappa shape index (κ2) is 6.30. The summed E-state index contributed by atoms with van der Waals surface area (Å²) >= 11 is 0. The van der Waals surface area contributed by atoms with Gasteiger partial charge in [0.1, 0.15) is 0 Å². The number of anilines is 1. The first kappa shape index (κ1) is 15.6. The number of nitrogens with zero attached hydrogens (tertiary/aromatic N) is 1. The molecule has 112 valence electrons. The molecule has 1 heterocycles. The second-order valence-electron chi connectivity index (χ2n) is 6.23. The minimum absolute atomic E-state index is 0.250. The topological polar surface area (TPSA) is 24.9 Å². The van der Waals surface area contributed by atoms with Crippen LogP contribution in [0.3, 0.4) is 0 Å². The maximum absolute atomic E-state index is 4.60. The molecule has 0 aliphatic carbocycles. The molecule has 21 heavy (non-hydrogen) atoms. The number of aryl methyl sites for hydroxylation is 3. The zero-order chi connectivity index (χ0) is 15.6. The molecule has 2 rings (SSSR count). The van der Waals surface area contributed by atoms with Crippen LogP contribution in [0.25, 0.3) is 0 Å². The molecule has 0 saturated heterocycles. The summed E-state index contributed by atoms with van der Waals surface area (Å²) in [6, 6.07) is 11.1. The number of pyridine rings is 1. The molecule has 1 unspecified atom stereocenters. The van der Waals surface area contributed by atoms with Crippen LogP contribution in [0, 0.1) is 20.8 Å². The van der Waals surface area contributed by atoms with Gasteiger partial charge in [0.15, 0.2) is 0 Å². The van der Waals surface area contributed by atoms with E-state index in [1.807, 2.05) is 6.92 Å². The van der Waals surface area contributed by atoms with Gasteiger partial charge in [-0.1, -0.05) is 26.0 Å². The van der Waals surface area contributed by atoms with E-state index in [2.05, 4.69) is 75.3 Å². The first-order chi connectivity index (χ1) is 9.88. The maximum Gasteiger partial charge on any atom is 0.0506 e. The number of benzene rings is 1. The van der Waals surface area contributed by atoms with Crippen molar-refractivity contribution in [1.82, 2.24) is 4.98 Å². The molecule has 1 aromatic heterocycles. The Bertz CT molecular complexity index is 606. The standard InChI is InChI=1S/C19H26N2/c1-12(2)17-8-7-9-18(11-17)21-16(6)19-13(3)10-14(4)20-15(19)5/h7-12,16,21H,1-6H3. The van der Waals surface area contributed by atoms with Gasteiger partial charge in [0.25, 0.3) is 0 Å². The average molecular weight is 282 g/mol. The Morgan fingerprint density at radius 1 is 1.00 bits per heavy atom. The van der Waals surface area contributed by atoms with Gasteiger partial charge in [-0.15, -0.1) is 0 Å². The first-order valence-corrected chi connectivity index (χ1v) is 7.69. The highest BCUT2D eigenvalue weighted by atomic mass is 14.9. The Kier molecular flexibility index (Phi) is 4.66. The Hall–Kier alpha value is -1.83. The van der Waals surface area contributed by atoms with Crippen LogP contribution in [0.15, 0.2) is 30.3 Å². The number of aromatic nitrogens is 1. The summed E-state index contributed by atoms with van der Waals surface area (Å²) in [6.45, 7) is 13.0. The van der Waals surface area contributed by atoms with Crippen LogP contribution in [-0.4, -0.2) is 4.98 Å². The monoisotopic (exact) mass is 282 g/mol. The van der Waals surface area contributed by atoms with E-state index in [0.717, 1.165) is 11.4 Å². The SMILES string of the molecule is Cc1cc(C)c(C(C)Nc2cccc(C(C)C)c2)c(C)n1. The van der Waals surface area contributed by atoms with Crippen molar-refractivity contribution in [2.75, 3.05) is 5.32 Å². The van der Waals surface area contributed by atoms with Crippen LogP contribution in [0.1, 0.15) is 60.8 Å². The van der Waals surface area contributed by atoms with Gasteiger partial charge in [-0.3, -0.25) is 4.98 Å². The number of rotatable bonds is 4. The molecule has 1 N–H and O–H groups in total. The fourth-order valence-corrected chi connectivity index (χ4v) is 3.00. The Morgan fingerprint density at radius 2 is 1.71 bits per heavy atom. The summed E-state index contributed by atoms with van der Waals surface area (Å²) in [5.74, 6) is 0.548. The van der Waals surface area contributed by atoms with Crippen molar-refractivity contribution < 1.29 is 0 Å². The van der Waals surface area contributed by atoms with Gasteiger partial charge in [0.05, 0.1) is 6.04 Å². The zero-order valence-corrected chi connectivity index (χ0v) is 14.0. The van der Waals surface area contributed by atoms with E-state index < -0.39 is 0 Å². The molecule has 0 saturated carbocycles. The molecular weight excluding hydrogens is 256 g/mol. The van der Waals surface area contributed by atoms with Gasteiger partial charge in [-0.05, 0) is 68.5 Å². The summed E-state index contributed by atoms with van der Waals surface area (Å²) in [5, 5.41) is 3.61. The molecule has 2 aromatic rings. The Labute approximate surface area is 128 Å². The summed E-state index contributed by atoms with van der Waals surface area (Å²) in [7, 11) is 0. The molecule has 0 fully saturated rings. The minimum atomic E-state index is 0.250. The van der Waals surface area contributed by atoms with E-state index in [1.165, 1.54) is 22.4 Å². The van der Waals surface area contributed by atoms with Crippen molar-refractivity contribution in [2.45, 2.75) is 53.5 Å². The van der Waals surface area contributed by atoms with Crippen molar-refractivity contribution in [3.8, 4) is 0 Å². The molecule has 1 aromatic carbocycles. The van der Waals surface area contributed by atoms with E-state index in [-0.39, 0.29) is 6.04 Å². The summed E-state index contributed by atoms with van der Waals surface area (Å²) in [4.78, 5) is 4.60. The third-order valence-electron chi connectivity index (χ3n) is 3.95. The van der Waals surface area contributed by atoms with Crippen molar-refractivity contribution in [2.24, 2.45) is 0 Å². The minimum Gasteiger partial charge on any atom is -0.378 e. The molecule has 2 nitrogen and oxygen atoms in total. The van der Waals surface area contributed by atoms with E-state index in [0.29, 0.717) is 5.92 Å². The zero-order valence-electron chi connectivity index (χ0n) is 14.0. The highest BCUT2D eigenvalue weighted by Crippen LogP contribution is 2.26. The molecule has 0 aliphatic heterocycles. The van der Waals surface area contributed by atoms with Gasteiger partial charge < -0.3 is 5.32 Å². The number of hydrogen-bond donors (Lipinski definition) is 1. The van der Waals surface area contributed by atoms with Gasteiger partial charge in [-0.25, -0.2) is 0 Å². The van der Waals surface area contributed by atoms with Crippen molar-refractivity contribution >= 4 is 5.69 Å². The van der Waals surface area contributed by atoms with Crippen LogP contribution in [0.5, 0.6) is 0 Å². The second-order valence-corrected chi connectivity index (χ2v) is 6.23. The van der Waals surface area contributed by atoms with Gasteiger partial charge >= 0.3 is 0 Å². The third-order valence-corrected chi connectivity index (χ3v) is 3.95. The average Bonchev–Trinajstić information content (AvgIpc) is 2.37. The van der Waals surface area contributed by atoms with Crippen molar-refractivity contribution in [3.05, 3.63) is 58.4 Å². The molecule has 0 bridgehead atoms. The lowest BCUT2D eigenvalue weighted by atomic mass is 9.99. The predicted molar refractivity (Wildman–Crippen MR) is 91.0 cm³/mol. The summed E-state index contributed by atoms with van der Waals surface area (Å²) in [5.41, 5.74) is 7.35. The van der Waals surface area contributed by atoms with E-state index in [1.54, 1.807) is 0 Å². The third kappa shape index (κ3) is 3.63. The molecule has 2 heteroatoms. The fourth-order valence-electron chi connectivity index (χ4n) is 3.00. The van der Waals surface area contributed by atoms with E-state index in [4.69, 9.17) is 0 Å². The van der Waals surface area contributed by atoms with Crippen LogP contribution < -0.4 is 5.32 Å². The quantitative estimate of drug-likeness (QED) is 0.822.